The molecule has 3 aliphatic rings. The number of hydrogen-bond acceptors (Lipinski definition) is 8. The van der Waals surface area contributed by atoms with Gasteiger partial charge in [-0.05, 0) is 86.5 Å². The number of amides is 4. The number of nitrogens with one attached hydrogen (secondary N) is 4. The zero-order valence-corrected chi connectivity index (χ0v) is 33.0. The molecular formula is C43H54N8O6. The van der Waals surface area contributed by atoms with Crippen molar-refractivity contribution in [3.63, 3.8) is 0 Å². The monoisotopic (exact) mass is 778 g/mol. The van der Waals surface area contributed by atoms with Crippen molar-refractivity contribution in [1.82, 2.24) is 40.4 Å². The molecule has 0 spiro atoms. The average molecular weight is 779 g/mol. The van der Waals surface area contributed by atoms with E-state index >= 15 is 0 Å². The highest BCUT2D eigenvalue weighted by molar-refractivity contribution is 5.93. The quantitative estimate of drug-likeness (QED) is 0.0850. The first-order valence-electron chi connectivity index (χ1n) is 20.6. The average Bonchev–Trinajstić information content (AvgIpc) is 3.81. The van der Waals surface area contributed by atoms with Gasteiger partial charge in [-0.1, -0.05) is 62.4 Å². The Morgan fingerprint density at radius 2 is 1.23 bits per heavy atom. The number of likely N-dealkylation sites (tertiary alicyclic amines) is 2. The minimum absolute atomic E-state index is 0.0617. The third kappa shape index (κ3) is 9.32. The molecule has 57 heavy (non-hydrogen) atoms. The van der Waals surface area contributed by atoms with Crippen LogP contribution in [-0.4, -0.2) is 92.1 Å². The second kappa shape index (κ2) is 18.1. The third-order valence-electron chi connectivity index (χ3n) is 11.1. The number of imidazole rings is 2. The van der Waals surface area contributed by atoms with Gasteiger partial charge in [-0.3, -0.25) is 9.59 Å². The van der Waals surface area contributed by atoms with E-state index in [0.717, 1.165) is 83.8 Å². The maximum absolute atomic E-state index is 13.6. The number of alkyl carbamates (subject to hydrolysis) is 2. The molecule has 14 heteroatoms. The molecule has 1 saturated carbocycles. The number of carbonyl (C=O) groups is 4. The molecule has 4 aromatic rings. The van der Waals surface area contributed by atoms with Crippen LogP contribution >= 0.6 is 0 Å². The zero-order valence-electron chi connectivity index (χ0n) is 33.0. The van der Waals surface area contributed by atoms with E-state index in [0.29, 0.717) is 65.0 Å². The molecule has 1 unspecified atom stereocenters. The van der Waals surface area contributed by atoms with Crippen LogP contribution in [0.25, 0.3) is 33.6 Å². The SMILES string of the molecule is CCCOC(=O)NCCCCC(=O)N1CCC[C@H]1c1ncc(-c2ccc(-c3ccc(-c4cnc(C5CCCN5C(=O)C5(NC(=O)OCCC)CC5)[nH]4)cc3)cc2)[nH]1. The molecule has 0 radical (unpaired) electrons. The summed E-state index contributed by atoms with van der Waals surface area (Å²) in [6.45, 7) is 6.45. The molecule has 2 atom stereocenters. The molecule has 3 fully saturated rings. The Hall–Kier alpha value is -5.66. The number of carbonyl (C=O) groups excluding carboxylic acids is 4. The van der Waals surface area contributed by atoms with Gasteiger partial charge in [0.1, 0.15) is 17.2 Å². The Morgan fingerprint density at radius 3 is 1.77 bits per heavy atom. The summed E-state index contributed by atoms with van der Waals surface area (Å²) < 4.78 is 10.2. The van der Waals surface area contributed by atoms with Gasteiger partial charge >= 0.3 is 12.2 Å². The Morgan fingerprint density at radius 1 is 0.719 bits per heavy atom. The van der Waals surface area contributed by atoms with E-state index in [1.807, 2.05) is 36.0 Å². The second-order valence-corrected chi connectivity index (χ2v) is 15.3. The molecule has 2 saturated heterocycles. The molecule has 4 N–H and O–H groups in total. The topological polar surface area (TPSA) is 175 Å². The summed E-state index contributed by atoms with van der Waals surface area (Å²) in [6.07, 6.45) is 10.8. The molecule has 7 rings (SSSR count). The third-order valence-corrected chi connectivity index (χ3v) is 11.1. The number of rotatable bonds is 16. The first kappa shape index (κ1) is 39.6. The van der Waals surface area contributed by atoms with Crippen LogP contribution in [0, 0.1) is 0 Å². The van der Waals surface area contributed by atoms with Crippen molar-refractivity contribution in [3.05, 3.63) is 72.6 Å². The van der Waals surface area contributed by atoms with Crippen LogP contribution in [0.4, 0.5) is 9.59 Å². The summed E-state index contributed by atoms with van der Waals surface area (Å²) in [7, 11) is 0. The van der Waals surface area contributed by atoms with Crippen LogP contribution in [0.3, 0.4) is 0 Å². The van der Waals surface area contributed by atoms with E-state index in [1.54, 1.807) is 0 Å². The predicted octanol–water partition coefficient (Wildman–Crippen LogP) is 7.44. The van der Waals surface area contributed by atoms with E-state index in [4.69, 9.17) is 19.4 Å². The van der Waals surface area contributed by atoms with Crippen molar-refractivity contribution < 1.29 is 28.7 Å². The van der Waals surface area contributed by atoms with E-state index in [1.165, 1.54) is 0 Å². The van der Waals surface area contributed by atoms with Crippen LogP contribution in [0.5, 0.6) is 0 Å². The van der Waals surface area contributed by atoms with Gasteiger partial charge in [0.15, 0.2) is 0 Å². The first-order valence-corrected chi connectivity index (χ1v) is 20.6. The summed E-state index contributed by atoms with van der Waals surface area (Å²) in [4.78, 5) is 70.8. The van der Waals surface area contributed by atoms with E-state index in [-0.39, 0.29) is 23.9 Å². The first-order chi connectivity index (χ1) is 27.8. The fraction of sp³-hybridized carbons (Fsp3) is 0.488. The lowest BCUT2D eigenvalue weighted by atomic mass is 10.0. The lowest BCUT2D eigenvalue weighted by Crippen LogP contribution is -2.50. The number of aromatic nitrogens is 4. The maximum atomic E-state index is 13.6. The van der Waals surface area contributed by atoms with Crippen molar-refractivity contribution in [2.75, 3.05) is 32.8 Å². The maximum Gasteiger partial charge on any atom is 0.407 e. The van der Waals surface area contributed by atoms with Crippen LogP contribution < -0.4 is 10.6 Å². The smallest absolute Gasteiger partial charge is 0.407 e. The number of ether oxygens (including phenoxy) is 2. The van der Waals surface area contributed by atoms with Gasteiger partial charge in [0, 0.05) is 26.1 Å². The molecule has 0 bridgehead atoms. The summed E-state index contributed by atoms with van der Waals surface area (Å²) >= 11 is 0. The normalized spacial score (nSPS) is 18.4. The van der Waals surface area contributed by atoms with Crippen molar-refractivity contribution in [1.29, 1.82) is 0 Å². The second-order valence-electron chi connectivity index (χ2n) is 15.3. The summed E-state index contributed by atoms with van der Waals surface area (Å²) in [5, 5.41) is 5.57. The highest BCUT2D eigenvalue weighted by Crippen LogP contribution is 2.42. The molecule has 14 nitrogen and oxygen atoms in total. The zero-order chi connectivity index (χ0) is 39.8. The standard InChI is InChI=1S/C43H54N8O6/c1-3-25-56-41(54)44-22-6-5-11-37(52)50-23-7-9-35(50)38-45-27-33(47-38)31-16-12-29(13-17-31)30-14-18-32(19-15-30)34-28-46-39(48-34)36-10-8-24-51(36)40(53)43(20-21-43)49-42(55)57-26-4-2/h12-19,27-28,35-36H,3-11,20-26H2,1-2H3,(H,44,54)(H,45,47)(H,46,48)(H,49,55)/t35-,36?/m0/s1. The fourth-order valence-electron chi connectivity index (χ4n) is 7.83. The lowest BCUT2D eigenvalue weighted by Gasteiger charge is -2.28. The number of aromatic amines is 2. The predicted molar refractivity (Wildman–Crippen MR) is 215 cm³/mol. The van der Waals surface area contributed by atoms with Gasteiger partial charge < -0.3 is 39.9 Å². The molecule has 2 aromatic heterocycles. The number of hydrogen-bond donors (Lipinski definition) is 4. The number of nitrogens with zero attached hydrogens (tertiary/aromatic N) is 4. The van der Waals surface area contributed by atoms with Crippen molar-refractivity contribution in [2.24, 2.45) is 0 Å². The van der Waals surface area contributed by atoms with Gasteiger partial charge in [-0.25, -0.2) is 19.6 Å². The van der Waals surface area contributed by atoms with Crippen molar-refractivity contribution in [3.8, 4) is 33.6 Å². The molecule has 302 valence electrons. The van der Waals surface area contributed by atoms with Gasteiger partial charge in [-0.15, -0.1) is 0 Å². The van der Waals surface area contributed by atoms with E-state index in [2.05, 4.69) is 69.1 Å². The number of H-pyrrole nitrogens is 2. The largest absolute Gasteiger partial charge is 0.450 e. The number of benzene rings is 2. The number of unbranched alkanes of at least 4 members (excludes halogenated alkanes) is 1. The van der Waals surface area contributed by atoms with Gasteiger partial charge in [-0.2, -0.15) is 0 Å². The van der Waals surface area contributed by atoms with E-state index < -0.39 is 17.7 Å². The summed E-state index contributed by atoms with van der Waals surface area (Å²) in [5.41, 5.74) is 5.08. The highest BCUT2D eigenvalue weighted by Gasteiger charge is 2.55. The van der Waals surface area contributed by atoms with Crippen molar-refractivity contribution >= 4 is 24.0 Å². The van der Waals surface area contributed by atoms with Gasteiger partial charge in [0.05, 0.1) is 49.1 Å². The molecule has 2 aromatic carbocycles. The summed E-state index contributed by atoms with van der Waals surface area (Å²) in [6, 6.07) is 16.4. The van der Waals surface area contributed by atoms with Crippen LogP contribution in [0.1, 0.15) is 108 Å². The Kier molecular flexibility index (Phi) is 12.5. The molecule has 2 aliphatic heterocycles. The van der Waals surface area contributed by atoms with Crippen LogP contribution in [-0.2, 0) is 19.1 Å². The Balaban J connectivity index is 0.922. The molecule has 4 amide bonds. The molecular weight excluding hydrogens is 725 g/mol. The highest BCUT2D eigenvalue weighted by atomic mass is 16.6. The minimum Gasteiger partial charge on any atom is -0.450 e. The molecule has 1 aliphatic carbocycles. The Bertz CT molecular complexity index is 2000. The van der Waals surface area contributed by atoms with E-state index in [9.17, 15) is 19.2 Å². The van der Waals surface area contributed by atoms with Crippen LogP contribution in [0.2, 0.25) is 0 Å². The Labute approximate surface area is 333 Å². The minimum atomic E-state index is -0.870. The lowest BCUT2D eigenvalue weighted by molar-refractivity contribution is -0.135. The van der Waals surface area contributed by atoms with Crippen molar-refractivity contribution in [2.45, 2.75) is 102 Å². The van der Waals surface area contributed by atoms with Crippen LogP contribution in [0.15, 0.2) is 60.9 Å². The fourth-order valence-corrected chi connectivity index (χ4v) is 7.83. The molecule has 4 heterocycles. The summed E-state index contributed by atoms with van der Waals surface area (Å²) in [5.74, 6) is 1.61. The van der Waals surface area contributed by atoms with Gasteiger partial charge in [0.2, 0.25) is 11.8 Å². The van der Waals surface area contributed by atoms with Gasteiger partial charge in [0.25, 0.3) is 0 Å².